The van der Waals surface area contributed by atoms with Crippen molar-refractivity contribution in [2.75, 3.05) is 0 Å². The fourth-order valence-corrected chi connectivity index (χ4v) is 6.03. The molecule has 0 bridgehead atoms. The van der Waals surface area contributed by atoms with Crippen LogP contribution in [-0.4, -0.2) is 4.57 Å². The molecule has 0 aliphatic heterocycles. The molecular weight excluding hydrogens is 351 g/mol. The van der Waals surface area contributed by atoms with E-state index in [1.54, 1.807) is 0 Å². The highest BCUT2D eigenvalue weighted by Gasteiger charge is 2.27. The molecule has 0 unspecified atom stereocenters. The number of imidazole rings is 1. The molecule has 0 atom stereocenters. The summed E-state index contributed by atoms with van der Waals surface area (Å²) in [6.07, 6.45) is 6.55. The molecule has 3 aromatic carbocycles. The van der Waals surface area contributed by atoms with Gasteiger partial charge < -0.3 is 4.57 Å². The fourth-order valence-electron chi connectivity index (χ4n) is 3.34. The summed E-state index contributed by atoms with van der Waals surface area (Å²) >= 11 is 0. The lowest BCUT2D eigenvalue weighted by molar-refractivity contribution is -0.670. The SMILES string of the molecule is C[n+]1ccn(-c2cccc(CP(=O)(c3ccccc3)c3ccccc3)c2)c1. The quantitative estimate of drug-likeness (QED) is 0.386. The van der Waals surface area contributed by atoms with Crippen LogP contribution >= 0.6 is 7.14 Å². The van der Waals surface area contributed by atoms with Gasteiger partial charge in [-0.2, -0.15) is 0 Å². The van der Waals surface area contributed by atoms with E-state index in [1.807, 2.05) is 97.1 Å². The average molecular weight is 373 g/mol. The highest BCUT2D eigenvalue weighted by molar-refractivity contribution is 7.78. The van der Waals surface area contributed by atoms with E-state index in [9.17, 15) is 4.57 Å². The minimum absolute atomic E-state index is 0.502. The van der Waals surface area contributed by atoms with E-state index in [-0.39, 0.29) is 0 Å². The number of hydrogen-bond donors (Lipinski definition) is 0. The Morgan fingerprint density at radius 2 is 1.48 bits per heavy atom. The van der Waals surface area contributed by atoms with Crippen molar-refractivity contribution in [1.29, 1.82) is 0 Å². The van der Waals surface area contributed by atoms with Gasteiger partial charge in [-0.3, -0.25) is 0 Å². The lowest BCUT2D eigenvalue weighted by atomic mass is 10.2. The molecular formula is C23H22N2OP+. The van der Waals surface area contributed by atoms with Gasteiger partial charge >= 0.3 is 0 Å². The third-order valence-corrected chi connectivity index (χ3v) is 7.80. The van der Waals surface area contributed by atoms with Crippen LogP contribution in [-0.2, 0) is 17.8 Å². The first-order valence-electron chi connectivity index (χ1n) is 8.98. The Labute approximate surface area is 159 Å². The molecule has 4 heteroatoms. The smallest absolute Gasteiger partial charge is 0.248 e. The van der Waals surface area contributed by atoms with Crippen molar-refractivity contribution in [2.24, 2.45) is 7.05 Å². The number of aryl methyl sites for hydroxylation is 1. The second-order valence-electron chi connectivity index (χ2n) is 6.73. The van der Waals surface area contributed by atoms with E-state index >= 15 is 0 Å². The number of nitrogens with zero attached hydrogens (tertiary/aromatic N) is 2. The van der Waals surface area contributed by atoms with E-state index < -0.39 is 7.14 Å². The highest BCUT2D eigenvalue weighted by atomic mass is 31.2. The first-order valence-corrected chi connectivity index (χ1v) is 10.9. The molecule has 0 radical (unpaired) electrons. The molecule has 0 saturated heterocycles. The molecule has 134 valence electrons. The summed E-state index contributed by atoms with van der Waals surface area (Å²) in [5.41, 5.74) is 2.14. The van der Waals surface area contributed by atoms with Crippen LogP contribution in [0.2, 0.25) is 0 Å². The maximum Gasteiger partial charge on any atom is 0.248 e. The standard InChI is InChI=1S/C23H22N2OP/c1-24-15-16-25(19-24)21-10-8-9-20(17-21)18-27(26,22-11-4-2-5-12-22)23-13-6-3-7-14-23/h2-17,19H,18H2,1H3/q+1. The minimum Gasteiger partial charge on any atom is -0.313 e. The summed E-state index contributed by atoms with van der Waals surface area (Å²) in [5.74, 6) is 0. The predicted molar refractivity (Wildman–Crippen MR) is 110 cm³/mol. The molecule has 0 saturated carbocycles. The van der Waals surface area contributed by atoms with Gasteiger partial charge in [0.05, 0.1) is 7.05 Å². The molecule has 27 heavy (non-hydrogen) atoms. The molecule has 1 heterocycles. The van der Waals surface area contributed by atoms with Crippen LogP contribution in [0.4, 0.5) is 0 Å². The summed E-state index contributed by atoms with van der Waals surface area (Å²) in [4.78, 5) is 0. The molecule has 0 fully saturated rings. The number of benzene rings is 3. The van der Waals surface area contributed by atoms with Crippen LogP contribution in [0.1, 0.15) is 5.56 Å². The number of aromatic nitrogens is 2. The molecule has 1 aromatic heterocycles. The van der Waals surface area contributed by atoms with E-state index in [4.69, 9.17) is 0 Å². The van der Waals surface area contributed by atoms with Crippen LogP contribution in [0, 0.1) is 0 Å². The van der Waals surface area contributed by atoms with Gasteiger partial charge in [0.15, 0.2) is 0 Å². The Morgan fingerprint density at radius 3 is 2.04 bits per heavy atom. The average Bonchev–Trinajstić information content (AvgIpc) is 3.16. The van der Waals surface area contributed by atoms with Gasteiger partial charge in [0.2, 0.25) is 6.33 Å². The van der Waals surface area contributed by atoms with Crippen molar-refractivity contribution in [3.8, 4) is 5.69 Å². The summed E-state index contributed by atoms with van der Waals surface area (Å²) in [5, 5.41) is 1.79. The van der Waals surface area contributed by atoms with Gasteiger partial charge in [0, 0.05) is 16.8 Å². The summed E-state index contributed by atoms with van der Waals surface area (Å²) in [7, 11) is -0.767. The van der Waals surface area contributed by atoms with Gasteiger partial charge in [-0.1, -0.05) is 72.8 Å². The Balaban J connectivity index is 1.76. The predicted octanol–water partition coefficient (Wildman–Crippen LogP) is 3.82. The first-order chi connectivity index (χ1) is 13.1. The van der Waals surface area contributed by atoms with Crippen molar-refractivity contribution >= 4 is 17.8 Å². The largest absolute Gasteiger partial charge is 0.313 e. The van der Waals surface area contributed by atoms with Crippen molar-refractivity contribution in [1.82, 2.24) is 4.57 Å². The summed E-state index contributed by atoms with van der Waals surface area (Å²) in [6, 6.07) is 28.0. The molecule has 0 spiro atoms. The highest BCUT2D eigenvalue weighted by Crippen LogP contribution is 2.46. The van der Waals surface area contributed by atoms with Crippen LogP contribution in [0.15, 0.2) is 104 Å². The molecule has 0 amide bonds. The van der Waals surface area contributed by atoms with E-state index in [0.29, 0.717) is 6.16 Å². The second-order valence-corrected chi connectivity index (χ2v) is 9.55. The zero-order valence-electron chi connectivity index (χ0n) is 15.3. The van der Waals surface area contributed by atoms with Gasteiger partial charge in [0.1, 0.15) is 25.2 Å². The normalized spacial score (nSPS) is 11.4. The van der Waals surface area contributed by atoms with Crippen molar-refractivity contribution in [2.45, 2.75) is 6.16 Å². The van der Waals surface area contributed by atoms with Gasteiger partial charge in [0.25, 0.3) is 0 Å². The molecule has 3 nitrogen and oxygen atoms in total. The molecule has 0 aliphatic rings. The van der Waals surface area contributed by atoms with Crippen molar-refractivity contribution in [3.63, 3.8) is 0 Å². The lowest BCUT2D eigenvalue weighted by Crippen LogP contribution is -2.23. The maximum atomic E-state index is 14.2. The second kappa shape index (κ2) is 7.38. The van der Waals surface area contributed by atoms with Crippen LogP contribution < -0.4 is 15.2 Å². The summed E-state index contributed by atoms with van der Waals surface area (Å²) in [6.45, 7) is 0. The molecule has 4 rings (SSSR count). The third kappa shape index (κ3) is 3.65. The first kappa shape index (κ1) is 17.5. The minimum atomic E-state index is -2.77. The van der Waals surface area contributed by atoms with E-state index in [1.165, 1.54) is 0 Å². The zero-order valence-corrected chi connectivity index (χ0v) is 16.2. The molecule has 4 aromatic rings. The van der Waals surface area contributed by atoms with Crippen LogP contribution in [0.3, 0.4) is 0 Å². The molecule has 0 aliphatic carbocycles. The Morgan fingerprint density at radius 1 is 0.852 bits per heavy atom. The van der Waals surface area contributed by atoms with E-state index in [0.717, 1.165) is 21.9 Å². The monoisotopic (exact) mass is 373 g/mol. The van der Waals surface area contributed by atoms with Crippen LogP contribution in [0.25, 0.3) is 5.69 Å². The Hall–Kier alpha value is -2.90. The van der Waals surface area contributed by atoms with Crippen molar-refractivity contribution < 1.29 is 9.13 Å². The topological polar surface area (TPSA) is 25.9 Å². The number of hydrogen-bond acceptors (Lipinski definition) is 1. The van der Waals surface area contributed by atoms with Gasteiger partial charge in [-0.25, -0.2) is 9.13 Å². The van der Waals surface area contributed by atoms with Crippen molar-refractivity contribution in [3.05, 3.63) is 109 Å². The van der Waals surface area contributed by atoms with Gasteiger partial charge in [-0.05, 0) is 17.7 Å². The van der Waals surface area contributed by atoms with Crippen LogP contribution in [0.5, 0.6) is 0 Å². The van der Waals surface area contributed by atoms with E-state index in [2.05, 4.69) is 22.8 Å². The van der Waals surface area contributed by atoms with Gasteiger partial charge in [-0.15, -0.1) is 0 Å². The fraction of sp³-hybridized carbons (Fsp3) is 0.0870. The summed E-state index contributed by atoms with van der Waals surface area (Å²) < 4.78 is 18.3. The lowest BCUT2D eigenvalue weighted by Gasteiger charge is -2.19. The third-order valence-electron chi connectivity index (χ3n) is 4.73. The number of rotatable bonds is 5. The Kier molecular flexibility index (Phi) is 4.79. The molecule has 0 N–H and O–H groups in total. The zero-order chi connectivity index (χ0) is 18.7. The Bertz CT molecular complexity index is 1040. The maximum absolute atomic E-state index is 14.2.